The van der Waals surface area contributed by atoms with E-state index in [4.69, 9.17) is 11.6 Å². The summed E-state index contributed by atoms with van der Waals surface area (Å²) in [6.07, 6.45) is 2.53. The van der Waals surface area contributed by atoms with E-state index in [1.54, 1.807) is 13.2 Å². The van der Waals surface area contributed by atoms with E-state index in [-0.39, 0.29) is 16.6 Å². The van der Waals surface area contributed by atoms with E-state index in [1.165, 1.54) is 4.68 Å². The highest BCUT2D eigenvalue weighted by atomic mass is 35.5. The van der Waals surface area contributed by atoms with Gasteiger partial charge in [0, 0.05) is 13.1 Å². The Labute approximate surface area is 87.9 Å². The second kappa shape index (κ2) is 4.46. The molecule has 0 aliphatic heterocycles. The van der Waals surface area contributed by atoms with Crippen LogP contribution in [0.15, 0.2) is 11.0 Å². The molecule has 78 valence electrons. The first-order valence-corrected chi connectivity index (χ1v) is 4.92. The van der Waals surface area contributed by atoms with Crippen molar-refractivity contribution in [1.82, 2.24) is 9.78 Å². The molecule has 0 aromatic carbocycles. The Bertz CT molecular complexity index is 375. The van der Waals surface area contributed by atoms with Gasteiger partial charge in [0.25, 0.3) is 5.56 Å². The first-order chi connectivity index (χ1) is 6.56. The Balaban J connectivity index is 3.00. The fourth-order valence-electron chi connectivity index (χ4n) is 0.979. The molecule has 0 bridgehead atoms. The summed E-state index contributed by atoms with van der Waals surface area (Å²) in [5.74, 6) is 0. The fourth-order valence-corrected chi connectivity index (χ4v) is 1.20. The van der Waals surface area contributed by atoms with Gasteiger partial charge in [-0.3, -0.25) is 4.79 Å². The lowest BCUT2D eigenvalue weighted by Crippen LogP contribution is -2.23. The van der Waals surface area contributed by atoms with Crippen molar-refractivity contribution in [2.24, 2.45) is 7.05 Å². The molecule has 14 heavy (non-hydrogen) atoms. The van der Waals surface area contributed by atoms with Crippen molar-refractivity contribution in [2.75, 3.05) is 5.32 Å². The fraction of sp³-hybridized carbons (Fsp3) is 0.556. The highest BCUT2D eigenvalue weighted by Crippen LogP contribution is 2.16. The van der Waals surface area contributed by atoms with E-state index in [1.807, 2.05) is 6.92 Å². The lowest BCUT2D eigenvalue weighted by atomic mass is 10.2. The second-order valence-electron chi connectivity index (χ2n) is 3.25. The largest absolute Gasteiger partial charge is 0.380 e. The van der Waals surface area contributed by atoms with Crippen LogP contribution in [0.4, 0.5) is 5.69 Å². The Hall–Kier alpha value is -1.03. The van der Waals surface area contributed by atoms with E-state index >= 15 is 0 Å². The molecule has 1 heterocycles. The van der Waals surface area contributed by atoms with Crippen LogP contribution in [0, 0.1) is 0 Å². The Kier molecular flexibility index (Phi) is 3.52. The predicted octanol–water partition coefficient (Wildman–Crippen LogP) is 1.64. The molecule has 1 unspecified atom stereocenters. The van der Waals surface area contributed by atoms with Crippen LogP contribution in [0.3, 0.4) is 0 Å². The minimum atomic E-state index is -0.278. The zero-order valence-electron chi connectivity index (χ0n) is 8.54. The average Bonchev–Trinajstić information content (AvgIpc) is 2.19. The number of hydrogen-bond acceptors (Lipinski definition) is 3. The minimum Gasteiger partial charge on any atom is -0.380 e. The monoisotopic (exact) mass is 215 g/mol. The number of nitrogens with zero attached hydrogens (tertiary/aromatic N) is 2. The van der Waals surface area contributed by atoms with Gasteiger partial charge in [0.15, 0.2) is 0 Å². The molecule has 1 aromatic rings. The van der Waals surface area contributed by atoms with Crippen molar-refractivity contribution >= 4 is 17.3 Å². The molecule has 1 aromatic heterocycles. The SMILES string of the molecule is CCC(C)Nc1cnn(C)c(=O)c1Cl. The third-order valence-corrected chi connectivity index (χ3v) is 2.46. The molecule has 1 atom stereocenters. The van der Waals surface area contributed by atoms with E-state index < -0.39 is 0 Å². The normalized spacial score (nSPS) is 12.6. The van der Waals surface area contributed by atoms with E-state index in [0.29, 0.717) is 5.69 Å². The molecule has 0 saturated carbocycles. The van der Waals surface area contributed by atoms with Gasteiger partial charge in [-0.25, -0.2) is 4.68 Å². The van der Waals surface area contributed by atoms with Gasteiger partial charge in [0.2, 0.25) is 0 Å². The zero-order chi connectivity index (χ0) is 10.7. The molecular weight excluding hydrogens is 202 g/mol. The van der Waals surface area contributed by atoms with E-state index in [9.17, 15) is 4.79 Å². The van der Waals surface area contributed by atoms with Gasteiger partial charge in [0.05, 0.1) is 11.9 Å². The maximum atomic E-state index is 11.4. The van der Waals surface area contributed by atoms with Crippen LogP contribution in [-0.4, -0.2) is 15.8 Å². The van der Waals surface area contributed by atoms with Gasteiger partial charge >= 0.3 is 0 Å². The second-order valence-corrected chi connectivity index (χ2v) is 3.63. The number of anilines is 1. The van der Waals surface area contributed by atoms with E-state index in [0.717, 1.165) is 6.42 Å². The first kappa shape index (κ1) is 11.0. The number of halogens is 1. The van der Waals surface area contributed by atoms with Crippen LogP contribution in [0.25, 0.3) is 0 Å². The van der Waals surface area contributed by atoms with Crippen molar-refractivity contribution in [2.45, 2.75) is 26.3 Å². The quantitative estimate of drug-likeness (QED) is 0.834. The smallest absolute Gasteiger partial charge is 0.287 e. The summed E-state index contributed by atoms with van der Waals surface area (Å²) in [6, 6.07) is 0.279. The first-order valence-electron chi connectivity index (χ1n) is 4.54. The predicted molar refractivity (Wildman–Crippen MR) is 57.9 cm³/mol. The summed E-state index contributed by atoms with van der Waals surface area (Å²) in [5, 5.41) is 7.20. The Morgan fingerprint density at radius 1 is 1.71 bits per heavy atom. The number of rotatable bonds is 3. The van der Waals surface area contributed by atoms with Crippen LogP contribution in [-0.2, 0) is 7.05 Å². The van der Waals surface area contributed by atoms with Crippen molar-refractivity contribution in [1.29, 1.82) is 0 Å². The molecule has 0 aliphatic rings. The summed E-state index contributed by atoms with van der Waals surface area (Å²) in [6.45, 7) is 4.08. The molecule has 1 rings (SSSR count). The molecule has 0 fully saturated rings. The third kappa shape index (κ3) is 2.26. The molecule has 1 N–H and O–H groups in total. The maximum absolute atomic E-state index is 11.4. The molecule has 0 aliphatic carbocycles. The highest BCUT2D eigenvalue weighted by molar-refractivity contribution is 6.32. The highest BCUT2D eigenvalue weighted by Gasteiger charge is 2.08. The van der Waals surface area contributed by atoms with E-state index in [2.05, 4.69) is 17.3 Å². The lowest BCUT2D eigenvalue weighted by Gasteiger charge is -2.13. The molecule has 0 radical (unpaired) electrons. The summed E-state index contributed by atoms with van der Waals surface area (Å²) in [4.78, 5) is 11.4. The molecule has 0 spiro atoms. The summed E-state index contributed by atoms with van der Waals surface area (Å²) in [7, 11) is 1.57. The van der Waals surface area contributed by atoms with Gasteiger partial charge < -0.3 is 5.32 Å². The topological polar surface area (TPSA) is 46.9 Å². The van der Waals surface area contributed by atoms with Crippen molar-refractivity contribution in [3.05, 3.63) is 21.6 Å². The lowest BCUT2D eigenvalue weighted by molar-refractivity contribution is 0.702. The third-order valence-electron chi connectivity index (χ3n) is 2.09. The summed E-state index contributed by atoms with van der Waals surface area (Å²) >= 11 is 5.86. The van der Waals surface area contributed by atoms with Gasteiger partial charge in [-0.2, -0.15) is 5.10 Å². The Morgan fingerprint density at radius 3 is 2.93 bits per heavy atom. The van der Waals surface area contributed by atoms with Gasteiger partial charge in [-0.1, -0.05) is 18.5 Å². The molecule has 0 saturated heterocycles. The van der Waals surface area contributed by atoms with Crippen LogP contribution < -0.4 is 10.9 Å². The molecule has 4 nitrogen and oxygen atoms in total. The number of hydrogen-bond donors (Lipinski definition) is 1. The standard InChI is InChI=1S/C9H14ClN3O/c1-4-6(2)12-7-5-11-13(3)9(14)8(7)10/h5-6,12H,4H2,1-3H3. The van der Waals surface area contributed by atoms with Crippen molar-refractivity contribution in [3.8, 4) is 0 Å². The van der Waals surface area contributed by atoms with Crippen LogP contribution in [0.1, 0.15) is 20.3 Å². The van der Waals surface area contributed by atoms with Crippen molar-refractivity contribution in [3.63, 3.8) is 0 Å². The molecule has 5 heteroatoms. The van der Waals surface area contributed by atoms with Gasteiger partial charge in [-0.05, 0) is 13.3 Å². The van der Waals surface area contributed by atoms with Crippen LogP contribution in [0.5, 0.6) is 0 Å². The molecular formula is C9H14ClN3O. The van der Waals surface area contributed by atoms with Crippen molar-refractivity contribution < 1.29 is 0 Å². The summed E-state index contributed by atoms with van der Waals surface area (Å²) < 4.78 is 1.21. The average molecular weight is 216 g/mol. The zero-order valence-corrected chi connectivity index (χ0v) is 9.30. The number of nitrogens with one attached hydrogen (secondary N) is 1. The van der Waals surface area contributed by atoms with Gasteiger partial charge in [-0.15, -0.1) is 0 Å². The van der Waals surface area contributed by atoms with Crippen LogP contribution in [0.2, 0.25) is 5.02 Å². The number of aryl methyl sites for hydroxylation is 1. The summed E-state index contributed by atoms with van der Waals surface area (Å²) in [5.41, 5.74) is 0.323. The van der Waals surface area contributed by atoms with Crippen LogP contribution >= 0.6 is 11.6 Å². The maximum Gasteiger partial charge on any atom is 0.287 e. The van der Waals surface area contributed by atoms with Gasteiger partial charge in [0.1, 0.15) is 5.02 Å². The molecule has 0 amide bonds. The Morgan fingerprint density at radius 2 is 2.36 bits per heavy atom. The minimum absolute atomic E-state index is 0.197. The number of aromatic nitrogens is 2.